The zero-order valence-electron chi connectivity index (χ0n) is 7.05. The monoisotopic (exact) mass is 262 g/mol. The van der Waals surface area contributed by atoms with Gasteiger partial charge in [0.1, 0.15) is 0 Å². The molecule has 72 valence electrons. The minimum Gasteiger partial charge on any atom is -0.359 e. The van der Waals surface area contributed by atoms with Gasteiger partial charge in [0.2, 0.25) is 5.91 Å². The number of rotatable bonds is 0. The fourth-order valence-electron chi connectivity index (χ4n) is 1.99. The average Bonchev–Trinajstić information content (AvgIpc) is 2.06. The molecular weight excluding hydrogens is 252 g/mol. The summed E-state index contributed by atoms with van der Waals surface area (Å²) >= 11 is 8.48. The second-order valence-corrected chi connectivity index (χ2v) is 5.29. The molecule has 5 heteroatoms. The zero-order valence-corrected chi connectivity index (χ0v) is 9.45. The molecule has 0 spiro atoms. The number of halogens is 1. The summed E-state index contributed by atoms with van der Waals surface area (Å²) in [5, 5.41) is 6.29. The molecule has 2 rings (SSSR count). The standard InChI is InChI=1S/C8H11BrN2OS/c9-4-1-2-6-5(3-4)7(12)11-8(13)10-6/h4-6H,1-3H2,(H2,10,11,12,13). The summed E-state index contributed by atoms with van der Waals surface area (Å²) in [6, 6.07) is 0.259. The highest BCUT2D eigenvalue weighted by Gasteiger charge is 2.38. The van der Waals surface area contributed by atoms with Gasteiger partial charge in [-0.1, -0.05) is 15.9 Å². The molecular formula is C8H11BrN2OS. The molecule has 0 aromatic heterocycles. The molecule has 1 aliphatic heterocycles. The van der Waals surface area contributed by atoms with Crippen molar-refractivity contribution in [3.05, 3.63) is 0 Å². The number of fused-ring (bicyclic) bond motifs is 1. The lowest BCUT2D eigenvalue weighted by atomic mass is 9.83. The summed E-state index contributed by atoms with van der Waals surface area (Å²) in [5.41, 5.74) is 0. The Morgan fingerprint density at radius 1 is 1.46 bits per heavy atom. The fourth-order valence-corrected chi connectivity index (χ4v) is 2.91. The van der Waals surface area contributed by atoms with Gasteiger partial charge in [0.15, 0.2) is 5.11 Å². The Hall–Kier alpha value is -0.160. The van der Waals surface area contributed by atoms with Crippen LogP contribution in [0.2, 0.25) is 0 Å². The van der Waals surface area contributed by atoms with E-state index < -0.39 is 0 Å². The van der Waals surface area contributed by atoms with Crippen molar-refractivity contribution in [1.29, 1.82) is 0 Å². The van der Waals surface area contributed by atoms with Crippen molar-refractivity contribution in [2.24, 2.45) is 5.92 Å². The molecule has 3 atom stereocenters. The first-order chi connectivity index (χ1) is 6.16. The first-order valence-corrected chi connectivity index (χ1v) is 5.74. The van der Waals surface area contributed by atoms with Gasteiger partial charge in [0.05, 0.1) is 5.92 Å². The van der Waals surface area contributed by atoms with E-state index in [4.69, 9.17) is 12.2 Å². The van der Waals surface area contributed by atoms with Gasteiger partial charge in [-0.2, -0.15) is 0 Å². The molecule has 3 unspecified atom stereocenters. The molecule has 0 aromatic carbocycles. The number of hydrogen-bond donors (Lipinski definition) is 2. The highest BCUT2D eigenvalue weighted by atomic mass is 79.9. The van der Waals surface area contributed by atoms with Gasteiger partial charge in [-0.3, -0.25) is 4.79 Å². The smallest absolute Gasteiger partial charge is 0.231 e. The summed E-state index contributed by atoms with van der Waals surface area (Å²) in [4.78, 5) is 12.0. The summed E-state index contributed by atoms with van der Waals surface area (Å²) in [7, 11) is 0. The maximum absolute atomic E-state index is 11.5. The van der Waals surface area contributed by atoms with Crippen LogP contribution in [0.1, 0.15) is 19.3 Å². The first kappa shape index (κ1) is 9.40. The molecule has 2 N–H and O–H groups in total. The van der Waals surface area contributed by atoms with Crippen molar-refractivity contribution in [2.75, 3.05) is 0 Å². The third-order valence-electron chi connectivity index (χ3n) is 2.68. The summed E-state index contributed by atoms with van der Waals surface area (Å²) in [6.07, 6.45) is 3.05. The molecule has 1 saturated heterocycles. The van der Waals surface area contributed by atoms with Crippen LogP contribution >= 0.6 is 28.1 Å². The lowest BCUT2D eigenvalue weighted by Gasteiger charge is -2.37. The largest absolute Gasteiger partial charge is 0.359 e. The van der Waals surface area contributed by atoms with E-state index in [9.17, 15) is 4.79 Å². The van der Waals surface area contributed by atoms with Crippen molar-refractivity contribution >= 4 is 39.2 Å². The van der Waals surface area contributed by atoms with Crippen molar-refractivity contribution in [3.8, 4) is 0 Å². The number of carbonyl (C=O) groups is 1. The van der Waals surface area contributed by atoms with Gasteiger partial charge in [-0.25, -0.2) is 0 Å². The maximum atomic E-state index is 11.5. The highest BCUT2D eigenvalue weighted by molar-refractivity contribution is 9.09. The molecule has 3 nitrogen and oxygen atoms in total. The van der Waals surface area contributed by atoms with Gasteiger partial charge in [-0.05, 0) is 31.5 Å². The van der Waals surface area contributed by atoms with E-state index in [1.807, 2.05) is 0 Å². The molecule has 1 heterocycles. The lowest BCUT2D eigenvalue weighted by molar-refractivity contribution is -0.126. The topological polar surface area (TPSA) is 41.1 Å². The van der Waals surface area contributed by atoms with Crippen molar-refractivity contribution in [3.63, 3.8) is 0 Å². The van der Waals surface area contributed by atoms with Crippen molar-refractivity contribution < 1.29 is 4.79 Å². The Kier molecular flexibility index (Phi) is 2.55. The Morgan fingerprint density at radius 3 is 3.00 bits per heavy atom. The predicted molar refractivity (Wildman–Crippen MR) is 57.7 cm³/mol. The van der Waals surface area contributed by atoms with E-state index in [1.54, 1.807) is 0 Å². The van der Waals surface area contributed by atoms with Gasteiger partial charge in [0.25, 0.3) is 0 Å². The number of amides is 1. The second-order valence-electron chi connectivity index (χ2n) is 3.59. The third kappa shape index (κ3) is 1.86. The Labute approximate surface area is 90.8 Å². The number of nitrogens with one attached hydrogen (secondary N) is 2. The quantitative estimate of drug-likeness (QED) is 0.504. The van der Waals surface area contributed by atoms with Crippen LogP contribution in [-0.4, -0.2) is 21.9 Å². The van der Waals surface area contributed by atoms with E-state index >= 15 is 0 Å². The van der Waals surface area contributed by atoms with E-state index in [0.29, 0.717) is 9.94 Å². The van der Waals surface area contributed by atoms with Crippen LogP contribution in [0, 0.1) is 5.92 Å². The molecule has 1 amide bonds. The number of thiocarbonyl (C=S) groups is 1. The fraction of sp³-hybridized carbons (Fsp3) is 0.750. The third-order valence-corrected chi connectivity index (χ3v) is 3.73. The molecule has 1 saturated carbocycles. The summed E-state index contributed by atoms with van der Waals surface area (Å²) in [6.45, 7) is 0. The van der Waals surface area contributed by atoms with Crippen LogP contribution in [-0.2, 0) is 4.79 Å². The van der Waals surface area contributed by atoms with Crippen molar-refractivity contribution in [2.45, 2.75) is 30.1 Å². The zero-order chi connectivity index (χ0) is 9.42. The molecule has 2 aliphatic rings. The predicted octanol–water partition coefficient (Wildman–Crippen LogP) is 0.923. The maximum Gasteiger partial charge on any atom is 0.231 e. The molecule has 2 fully saturated rings. The minimum atomic E-state index is 0.0814. The highest BCUT2D eigenvalue weighted by Crippen LogP contribution is 2.30. The summed E-state index contributed by atoms with van der Waals surface area (Å²) in [5.74, 6) is 0.169. The lowest BCUT2D eigenvalue weighted by Crippen LogP contribution is -2.59. The van der Waals surface area contributed by atoms with Crippen LogP contribution in [0.25, 0.3) is 0 Å². The average molecular weight is 263 g/mol. The van der Waals surface area contributed by atoms with E-state index in [0.717, 1.165) is 19.3 Å². The van der Waals surface area contributed by atoms with Gasteiger partial charge < -0.3 is 10.6 Å². The Balaban J connectivity index is 2.11. The number of hydrogen-bond acceptors (Lipinski definition) is 2. The van der Waals surface area contributed by atoms with E-state index in [1.165, 1.54) is 0 Å². The molecule has 0 aromatic rings. The first-order valence-electron chi connectivity index (χ1n) is 4.42. The minimum absolute atomic E-state index is 0.0814. The van der Waals surface area contributed by atoms with Crippen LogP contribution < -0.4 is 10.6 Å². The number of carbonyl (C=O) groups excluding carboxylic acids is 1. The normalized spacial score (nSPS) is 39.0. The molecule has 13 heavy (non-hydrogen) atoms. The van der Waals surface area contributed by atoms with Crippen LogP contribution in [0.15, 0.2) is 0 Å². The van der Waals surface area contributed by atoms with Gasteiger partial charge in [0, 0.05) is 10.9 Å². The van der Waals surface area contributed by atoms with E-state index in [-0.39, 0.29) is 17.9 Å². The SMILES string of the molecule is O=C1NC(=S)NC2CCC(Br)CC12. The van der Waals surface area contributed by atoms with Crippen molar-refractivity contribution in [1.82, 2.24) is 10.6 Å². The Morgan fingerprint density at radius 2 is 2.23 bits per heavy atom. The molecule has 1 aliphatic carbocycles. The van der Waals surface area contributed by atoms with Gasteiger partial charge >= 0.3 is 0 Å². The van der Waals surface area contributed by atoms with E-state index in [2.05, 4.69) is 26.6 Å². The Bertz CT molecular complexity index is 259. The summed E-state index contributed by atoms with van der Waals surface area (Å²) < 4.78 is 0. The van der Waals surface area contributed by atoms with Crippen LogP contribution in [0.3, 0.4) is 0 Å². The second kappa shape index (κ2) is 3.53. The van der Waals surface area contributed by atoms with Gasteiger partial charge in [-0.15, -0.1) is 0 Å². The van der Waals surface area contributed by atoms with Crippen LogP contribution in [0.5, 0.6) is 0 Å². The van der Waals surface area contributed by atoms with Crippen LogP contribution in [0.4, 0.5) is 0 Å². The molecule has 0 radical (unpaired) electrons. The number of alkyl halides is 1. The molecule has 0 bridgehead atoms.